The first-order valence-corrected chi connectivity index (χ1v) is 6.97. The Morgan fingerprint density at radius 1 is 1.16 bits per heavy atom. The molecule has 0 aromatic heterocycles. The number of benzene rings is 2. The van der Waals surface area contributed by atoms with Crippen molar-refractivity contribution < 1.29 is 4.79 Å². The molecule has 2 aromatic rings. The number of amides is 1. The van der Waals surface area contributed by atoms with Crippen LogP contribution in [0.15, 0.2) is 52.3 Å². The van der Waals surface area contributed by atoms with E-state index in [4.69, 9.17) is 17.3 Å². The van der Waals surface area contributed by atoms with Crippen LogP contribution < -0.4 is 11.1 Å². The molecule has 0 bridgehead atoms. The molecule has 3 nitrogen and oxygen atoms in total. The summed E-state index contributed by atoms with van der Waals surface area (Å²) in [5.74, 6) is -0.153. The van der Waals surface area contributed by atoms with Crippen molar-refractivity contribution in [1.82, 2.24) is 0 Å². The Kier molecular flexibility index (Phi) is 3.22. The van der Waals surface area contributed by atoms with Crippen LogP contribution in [0.5, 0.6) is 0 Å². The first-order chi connectivity index (χ1) is 9.13. The van der Waals surface area contributed by atoms with E-state index in [1.165, 1.54) is 0 Å². The zero-order valence-electron chi connectivity index (χ0n) is 9.89. The lowest BCUT2D eigenvalue weighted by molar-refractivity contribution is -0.116. The first-order valence-electron chi connectivity index (χ1n) is 5.77. The molecule has 3 rings (SSSR count). The minimum atomic E-state index is -0.555. The van der Waals surface area contributed by atoms with Crippen LogP contribution in [-0.4, -0.2) is 5.91 Å². The van der Waals surface area contributed by atoms with Crippen molar-refractivity contribution in [3.05, 3.63) is 53.1 Å². The van der Waals surface area contributed by atoms with Crippen LogP contribution in [0, 0.1) is 0 Å². The Labute approximate surface area is 120 Å². The molecule has 1 heterocycles. The Balaban J connectivity index is 1.88. The van der Waals surface area contributed by atoms with Gasteiger partial charge >= 0.3 is 0 Å². The molecule has 5 heteroatoms. The molecule has 0 fully saturated rings. The third kappa shape index (κ3) is 2.47. The summed E-state index contributed by atoms with van der Waals surface area (Å²) in [6, 6.07) is 12.9. The van der Waals surface area contributed by atoms with Crippen molar-refractivity contribution in [2.24, 2.45) is 5.73 Å². The van der Waals surface area contributed by atoms with Gasteiger partial charge in [-0.05, 0) is 30.3 Å². The number of carbonyl (C=O) groups is 1. The maximum Gasteiger partial charge on any atom is 0.245 e. The summed E-state index contributed by atoms with van der Waals surface area (Å²) in [6.07, 6.45) is 0. The van der Waals surface area contributed by atoms with Crippen molar-refractivity contribution in [2.75, 3.05) is 5.32 Å². The molecule has 0 saturated heterocycles. The standard InChI is InChI=1S/C14H11ClN2OS/c15-8-2-1-3-9(6-8)19-10-4-5-11-12(7-10)17-14(18)13(11)16/h1-7,13H,16H2,(H,17,18). The van der Waals surface area contributed by atoms with Gasteiger partial charge in [-0.3, -0.25) is 4.79 Å². The Hall–Kier alpha value is -1.49. The molecule has 1 amide bonds. The molecule has 19 heavy (non-hydrogen) atoms. The predicted octanol–water partition coefficient (Wildman–Crippen LogP) is 3.44. The molecule has 0 spiro atoms. The van der Waals surface area contributed by atoms with E-state index in [2.05, 4.69) is 5.32 Å². The molecule has 1 aliphatic rings. The third-order valence-electron chi connectivity index (χ3n) is 2.93. The number of nitrogens with two attached hydrogens (primary N) is 1. The number of hydrogen-bond donors (Lipinski definition) is 2. The lowest BCUT2D eigenvalue weighted by Gasteiger charge is -2.05. The third-order valence-corrected chi connectivity index (χ3v) is 4.15. The Morgan fingerprint density at radius 3 is 2.74 bits per heavy atom. The molecular formula is C14H11ClN2OS. The monoisotopic (exact) mass is 290 g/mol. The van der Waals surface area contributed by atoms with Crippen LogP contribution >= 0.6 is 23.4 Å². The molecule has 2 aromatic carbocycles. The van der Waals surface area contributed by atoms with Gasteiger partial charge in [0.05, 0.1) is 0 Å². The molecule has 0 radical (unpaired) electrons. The fraction of sp³-hybridized carbons (Fsp3) is 0.0714. The van der Waals surface area contributed by atoms with E-state index in [0.29, 0.717) is 5.02 Å². The summed E-state index contributed by atoms with van der Waals surface area (Å²) >= 11 is 7.55. The quantitative estimate of drug-likeness (QED) is 0.891. The zero-order chi connectivity index (χ0) is 13.4. The van der Waals surface area contributed by atoms with Gasteiger partial charge in [-0.1, -0.05) is 35.5 Å². The number of halogens is 1. The number of hydrogen-bond acceptors (Lipinski definition) is 3. The maximum atomic E-state index is 11.5. The van der Waals surface area contributed by atoms with E-state index in [9.17, 15) is 4.79 Å². The number of fused-ring (bicyclic) bond motifs is 1. The van der Waals surface area contributed by atoms with Crippen molar-refractivity contribution in [3.63, 3.8) is 0 Å². The Morgan fingerprint density at radius 2 is 1.95 bits per heavy atom. The number of carbonyl (C=O) groups excluding carboxylic acids is 1. The van der Waals surface area contributed by atoms with Crippen LogP contribution in [0.3, 0.4) is 0 Å². The van der Waals surface area contributed by atoms with Crippen LogP contribution in [-0.2, 0) is 4.79 Å². The average molecular weight is 291 g/mol. The SMILES string of the molecule is NC1C(=O)Nc2cc(Sc3cccc(Cl)c3)ccc21. The summed E-state index contributed by atoms with van der Waals surface area (Å²) in [6.45, 7) is 0. The number of anilines is 1. The van der Waals surface area contributed by atoms with Crippen molar-refractivity contribution in [3.8, 4) is 0 Å². The van der Waals surface area contributed by atoms with Crippen molar-refractivity contribution in [1.29, 1.82) is 0 Å². The highest BCUT2D eigenvalue weighted by molar-refractivity contribution is 7.99. The highest BCUT2D eigenvalue weighted by Crippen LogP contribution is 2.36. The number of nitrogens with one attached hydrogen (secondary N) is 1. The zero-order valence-corrected chi connectivity index (χ0v) is 11.5. The van der Waals surface area contributed by atoms with E-state index in [1.807, 2.05) is 42.5 Å². The summed E-state index contributed by atoms with van der Waals surface area (Å²) < 4.78 is 0. The fourth-order valence-corrected chi connectivity index (χ4v) is 3.17. The molecule has 1 atom stereocenters. The lowest BCUT2D eigenvalue weighted by Crippen LogP contribution is -2.19. The van der Waals surface area contributed by atoms with E-state index < -0.39 is 6.04 Å². The fourth-order valence-electron chi connectivity index (χ4n) is 2.00. The first kappa shape index (κ1) is 12.5. The molecule has 3 N–H and O–H groups in total. The minimum absolute atomic E-state index is 0.153. The number of rotatable bonds is 2. The van der Waals surface area contributed by atoms with Crippen LogP contribution in [0.1, 0.15) is 11.6 Å². The molecule has 96 valence electrons. The van der Waals surface area contributed by atoms with Gasteiger partial charge in [0.25, 0.3) is 0 Å². The predicted molar refractivity (Wildman–Crippen MR) is 77.6 cm³/mol. The summed E-state index contributed by atoms with van der Waals surface area (Å²) in [4.78, 5) is 13.6. The average Bonchev–Trinajstić information content (AvgIpc) is 2.65. The highest BCUT2D eigenvalue weighted by Gasteiger charge is 2.26. The van der Waals surface area contributed by atoms with Crippen molar-refractivity contribution in [2.45, 2.75) is 15.8 Å². The van der Waals surface area contributed by atoms with E-state index in [-0.39, 0.29) is 5.91 Å². The topological polar surface area (TPSA) is 55.1 Å². The van der Waals surface area contributed by atoms with Gasteiger partial charge in [0.1, 0.15) is 6.04 Å². The second kappa shape index (κ2) is 4.89. The maximum absolute atomic E-state index is 11.5. The van der Waals surface area contributed by atoms with Gasteiger partial charge < -0.3 is 11.1 Å². The van der Waals surface area contributed by atoms with Gasteiger partial charge in [0.2, 0.25) is 5.91 Å². The van der Waals surface area contributed by atoms with Crippen LogP contribution in [0.4, 0.5) is 5.69 Å². The van der Waals surface area contributed by atoms with E-state index >= 15 is 0 Å². The summed E-state index contributed by atoms with van der Waals surface area (Å²) in [5.41, 5.74) is 7.42. The highest BCUT2D eigenvalue weighted by atomic mass is 35.5. The van der Waals surface area contributed by atoms with Gasteiger partial charge in [0, 0.05) is 26.1 Å². The summed E-state index contributed by atoms with van der Waals surface area (Å²) in [5, 5.41) is 3.49. The van der Waals surface area contributed by atoms with Crippen LogP contribution in [0.25, 0.3) is 0 Å². The largest absolute Gasteiger partial charge is 0.324 e. The molecular weight excluding hydrogens is 280 g/mol. The van der Waals surface area contributed by atoms with Gasteiger partial charge in [-0.15, -0.1) is 0 Å². The van der Waals surface area contributed by atoms with Gasteiger partial charge in [0.15, 0.2) is 0 Å². The Bertz CT molecular complexity index is 660. The summed E-state index contributed by atoms with van der Waals surface area (Å²) in [7, 11) is 0. The second-order valence-electron chi connectivity index (χ2n) is 4.28. The molecule has 0 saturated carbocycles. The van der Waals surface area contributed by atoms with Crippen molar-refractivity contribution >= 4 is 35.0 Å². The smallest absolute Gasteiger partial charge is 0.245 e. The lowest BCUT2D eigenvalue weighted by atomic mass is 10.1. The molecule has 0 aliphatic carbocycles. The van der Waals surface area contributed by atoms with E-state index in [0.717, 1.165) is 21.0 Å². The normalized spacial score (nSPS) is 17.2. The molecule has 1 unspecified atom stereocenters. The van der Waals surface area contributed by atoms with E-state index in [1.54, 1.807) is 11.8 Å². The minimum Gasteiger partial charge on any atom is -0.324 e. The molecule has 1 aliphatic heterocycles. The second-order valence-corrected chi connectivity index (χ2v) is 5.86. The van der Waals surface area contributed by atoms with Gasteiger partial charge in [-0.25, -0.2) is 0 Å². The van der Waals surface area contributed by atoms with Crippen LogP contribution in [0.2, 0.25) is 5.02 Å². The van der Waals surface area contributed by atoms with Gasteiger partial charge in [-0.2, -0.15) is 0 Å².